The van der Waals surface area contributed by atoms with Gasteiger partial charge in [0.2, 0.25) is 0 Å². The molecular formula is C18H15Br2NO2. The standard InChI is InChI=1S/C18H15Br2NO2/c19-9-1-2-10-22-16-7-8-17-14(11-16)12-23-21-18(17)13-3-5-15(20)6-4-13/h1-8,11H,9-10,12H2/b2-1+. The molecule has 0 saturated heterocycles. The maximum atomic E-state index is 5.72. The summed E-state index contributed by atoms with van der Waals surface area (Å²) in [5.74, 6) is 0.837. The van der Waals surface area contributed by atoms with Gasteiger partial charge in [-0.25, -0.2) is 0 Å². The largest absolute Gasteiger partial charge is 0.490 e. The van der Waals surface area contributed by atoms with Crippen molar-refractivity contribution in [3.63, 3.8) is 0 Å². The highest BCUT2D eigenvalue weighted by Gasteiger charge is 2.18. The summed E-state index contributed by atoms with van der Waals surface area (Å²) in [6.45, 7) is 1.02. The predicted octanol–water partition coefficient (Wildman–Crippen LogP) is 5.06. The van der Waals surface area contributed by atoms with Gasteiger partial charge in [0.1, 0.15) is 24.7 Å². The molecule has 0 unspecified atom stereocenters. The van der Waals surface area contributed by atoms with Gasteiger partial charge >= 0.3 is 0 Å². The summed E-state index contributed by atoms with van der Waals surface area (Å²) in [5, 5.41) is 5.07. The molecule has 2 aromatic rings. The molecule has 1 aliphatic rings. The van der Waals surface area contributed by atoms with E-state index in [0.717, 1.165) is 38.0 Å². The second-order valence-corrected chi connectivity index (χ2v) is 6.54. The van der Waals surface area contributed by atoms with E-state index in [9.17, 15) is 0 Å². The number of hydrogen-bond donors (Lipinski definition) is 0. The topological polar surface area (TPSA) is 30.8 Å². The average Bonchev–Trinajstić information content (AvgIpc) is 2.59. The van der Waals surface area contributed by atoms with Crippen LogP contribution in [0.25, 0.3) is 0 Å². The van der Waals surface area contributed by atoms with Crippen molar-refractivity contribution < 1.29 is 9.57 Å². The molecule has 3 rings (SSSR count). The first-order valence-corrected chi connectivity index (χ1v) is 9.12. The highest BCUT2D eigenvalue weighted by atomic mass is 79.9. The molecule has 0 N–H and O–H groups in total. The van der Waals surface area contributed by atoms with Crippen LogP contribution in [0.4, 0.5) is 0 Å². The lowest BCUT2D eigenvalue weighted by Gasteiger charge is -2.18. The van der Waals surface area contributed by atoms with Crippen molar-refractivity contribution in [2.24, 2.45) is 5.16 Å². The zero-order valence-electron chi connectivity index (χ0n) is 12.3. The van der Waals surface area contributed by atoms with Crippen molar-refractivity contribution in [1.29, 1.82) is 0 Å². The fourth-order valence-corrected chi connectivity index (χ4v) is 2.85. The first-order chi connectivity index (χ1) is 11.3. The smallest absolute Gasteiger partial charge is 0.143 e. The maximum absolute atomic E-state index is 5.72. The van der Waals surface area contributed by atoms with Crippen LogP contribution in [0.3, 0.4) is 0 Å². The Morgan fingerprint density at radius 3 is 2.74 bits per heavy atom. The van der Waals surface area contributed by atoms with Crippen molar-refractivity contribution in [3.8, 4) is 5.75 Å². The van der Waals surface area contributed by atoms with Gasteiger partial charge in [-0.2, -0.15) is 0 Å². The molecule has 0 spiro atoms. The monoisotopic (exact) mass is 435 g/mol. The Morgan fingerprint density at radius 2 is 1.96 bits per heavy atom. The maximum Gasteiger partial charge on any atom is 0.143 e. The van der Waals surface area contributed by atoms with Gasteiger partial charge in [-0.05, 0) is 30.3 Å². The van der Waals surface area contributed by atoms with E-state index in [1.165, 1.54) is 0 Å². The number of nitrogens with zero attached hydrogens (tertiary/aromatic N) is 1. The highest BCUT2D eigenvalue weighted by molar-refractivity contribution is 9.10. The van der Waals surface area contributed by atoms with Gasteiger partial charge in [-0.1, -0.05) is 61.3 Å². The zero-order chi connectivity index (χ0) is 16.1. The molecule has 118 valence electrons. The lowest BCUT2D eigenvalue weighted by atomic mass is 9.97. The first kappa shape index (κ1) is 16.3. The highest BCUT2D eigenvalue weighted by Crippen LogP contribution is 2.26. The van der Waals surface area contributed by atoms with E-state index in [-0.39, 0.29) is 0 Å². The Morgan fingerprint density at radius 1 is 1.13 bits per heavy atom. The number of oxime groups is 1. The lowest BCUT2D eigenvalue weighted by molar-refractivity contribution is 0.126. The molecule has 3 nitrogen and oxygen atoms in total. The fourth-order valence-electron chi connectivity index (χ4n) is 2.32. The Bertz CT molecular complexity index is 739. The van der Waals surface area contributed by atoms with Crippen LogP contribution < -0.4 is 4.74 Å². The number of allylic oxidation sites excluding steroid dienone is 1. The van der Waals surface area contributed by atoms with E-state index >= 15 is 0 Å². The lowest BCUT2D eigenvalue weighted by Crippen LogP contribution is -2.13. The minimum absolute atomic E-state index is 0.462. The molecule has 1 heterocycles. The number of rotatable bonds is 5. The van der Waals surface area contributed by atoms with Gasteiger partial charge in [0.15, 0.2) is 0 Å². The molecule has 0 amide bonds. The summed E-state index contributed by atoms with van der Waals surface area (Å²) in [6, 6.07) is 14.1. The van der Waals surface area contributed by atoms with Crippen LogP contribution in [0.5, 0.6) is 5.75 Å². The Hall–Kier alpha value is -1.59. The van der Waals surface area contributed by atoms with Crippen LogP contribution in [0.15, 0.2) is 64.2 Å². The summed E-state index contributed by atoms with van der Waals surface area (Å²) < 4.78 is 6.76. The van der Waals surface area contributed by atoms with E-state index in [2.05, 4.69) is 37.0 Å². The second-order valence-electron chi connectivity index (χ2n) is 4.98. The zero-order valence-corrected chi connectivity index (χ0v) is 15.5. The van der Waals surface area contributed by atoms with E-state index in [1.54, 1.807) is 0 Å². The van der Waals surface area contributed by atoms with Crippen LogP contribution in [0.1, 0.15) is 16.7 Å². The number of fused-ring (bicyclic) bond motifs is 1. The number of ether oxygens (including phenoxy) is 1. The number of alkyl halides is 1. The van der Waals surface area contributed by atoms with Gasteiger partial charge in [-0.3, -0.25) is 0 Å². The van der Waals surface area contributed by atoms with Crippen LogP contribution in [0, 0.1) is 0 Å². The van der Waals surface area contributed by atoms with Gasteiger partial charge < -0.3 is 9.57 Å². The summed E-state index contributed by atoms with van der Waals surface area (Å²) >= 11 is 6.79. The molecule has 2 aromatic carbocycles. The van der Waals surface area contributed by atoms with Crippen molar-refractivity contribution in [2.75, 3.05) is 11.9 Å². The predicted molar refractivity (Wildman–Crippen MR) is 99.4 cm³/mol. The van der Waals surface area contributed by atoms with Gasteiger partial charge in [-0.15, -0.1) is 0 Å². The van der Waals surface area contributed by atoms with Gasteiger partial charge in [0, 0.05) is 26.5 Å². The third-order valence-electron chi connectivity index (χ3n) is 3.43. The number of halogens is 2. The summed E-state index contributed by atoms with van der Waals surface area (Å²) in [5.41, 5.74) is 4.05. The van der Waals surface area contributed by atoms with Crippen LogP contribution in [-0.2, 0) is 11.4 Å². The summed E-state index contributed by atoms with van der Waals surface area (Å²) in [7, 11) is 0. The summed E-state index contributed by atoms with van der Waals surface area (Å²) in [4.78, 5) is 5.39. The fraction of sp³-hybridized carbons (Fsp3) is 0.167. The first-order valence-electron chi connectivity index (χ1n) is 7.21. The number of benzene rings is 2. The Labute approximate surface area is 152 Å². The molecule has 0 saturated carbocycles. The van der Waals surface area contributed by atoms with Crippen molar-refractivity contribution >= 4 is 37.6 Å². The average molecular weight is 437 g/mol. The third kappa shape index (κ3) is 4.03. The van der Waals surface area contributed by atoms with Crippen LogP contribution in [0.2, 0.25) is 0 Å². The van der Waals surface area contributed by atoms with E-state index < -0.39 is 0 Å². The van der Waals surface area contributed by atoms with Crippen molar-refractivity contribution in [2.45, 2.75) is 6.61 Å². The van der Waals surface area contributed by atoms with Gasteiger partial charge in [0.05, 0.1) is 0 Å². The molecule has 0 fully saturated rings. The molecule has 23 heavy (non-hydrogen) atoms. The minimum atomic E-state index is 0.462. The molecule has 0 bridgehead atoms. The van der Waals surface area contributed by atoms with Crippen molar-refractivity contribution in [1.82, 2.24) is 0 Å². The molecule has 0 radical (unpaired) electrons. The second kappa shape index (κ2) is 7.79. The SMILES string of the molecule is BrC/C=C/COc1ccc2c(c1)CON=C2c1ccc(Br)cc1. The molecule has 0 aromatic heterocycles. The minimum Gasteiger partial charge on any atom is -0.490 e. The summed E-state index contributed by atoms with van der Waals surface area (Å²) in [6.07, 6.45) is 4.00. The van der Waals surface area contributed by atoms with Gasteiger partial charge in [0.25, 0.3) is 0 Å². The van der Waals surface area contributed by atoms with E-state index in [0.29, 0.717) is 13.2 Å². The van der Waals surface area contributed by atoms with E-state index in [4.69, 9.17) is 9.57 Å². The molecule has 1 aliphatic heterocycles. The van der Waals surface area contributed by atoms with Crippen molar-refractivity contribution in [3.05, 3.63) is 75.8 Å². The molecular weight excluding hydrogens is 422 g/mol. The molecule has 5 heteroatoms. The van der Waals surface area contributed by atoms with Crippen LogP contribution in [-0.4, -0.2) is 17.6 Å². The van der Waals surface area contributed by atoms with E-state index in [1.807, 2.05) is 54.6 Å². The molecule has 0 aliphatic carbocycles. The van der Waals surface area contributed by atoms with Crippen LogP contribution >= 0.6 is 31.9 Å². The quantitative estimate of drug-likeness (QED) is 0.484. The number of hydrogen-bond acceptors (Lipinski definition) is 3. The Kier molecular flexibility index (Phi) is 5.51. The third-order valence-corrected chi connectivity index (χ3v) is 4.33. The normalized spacial score (nSPS) is 13.4. The molecule has 0 atom stereocenters. The Balaban J connectivity index is 1.82.